The standard InChI is InChI=1S/C17H26N8O/c1-4-25-15(22-23-17(25)24-7-5-6-13(18)10-24)16(26)19-9-14-20-11(2)8-12(3)21-14/h8,13H,4-7,9-10,18H2,1-3H3,(H,19,26). The third-order valence-electron chi connectivity index (χ3n) is 4.43. The van der Waals surface area contributed by atoms with Gasteiger partial charge in [0, 0.05) is 37.1 Å². The highest BCUT2D eigenvalue weighted by Crippen LogP contribution is 2.18. The summed E-state index contributed by atoms with van der Waals surface area (Å²) in [6, 6.07) is 2.03. The maximum Gasteiger partial charge on any atom is 0.289 e. The zero-order valence-corrected chi connectivity index (χ0v) is 15.6. The lowest BCUT2D eigenvalue weighted by atomic mass is 10.1. The SMILES string of the molecule is CCn1c(C(=O)NCc2nc(C)cc(C)n2)nnc1N1CCCC(N)C1. The van der Waals surface area contributed by atoms with Crippen LogP contribution in [0.1, 0.15) is 47.6 Å². The normalized spacial score (nSPS) is 17.4. The fourth-order valence-corrected chi connectivity index (χ4v) is 3.30. The van der Waals surface area contributed by atoms with Crippen molar-refractivity contribution < 1.29 is 4.79 Å². The van der Waals surface area contributed by atoms with Crippen LogP contribution in [0.25, 0.3) is 0 Å². The number of anilines is 1. The molecule has 0 aliphatic carbocycles. The molecule has 140 valence electrons. The average Bonchev–Trinajstić information content (AvgIpc) is 3.03. The highest BCUT2D eigenvalue weighted by Gasteiger charge is 2.25. The first-order chi connectivity index (χ1) is 12.5. The third kappa shape index (κ3) is 3.98. The summed E-state index contributed by atoms with van der Waals surface area (Å²) in [4.78, 5) is 23.4. The summed E-state index contributed by atoms with van der Waals surface area (Å²) < 4.78 is 1.83. The Morgan fingerprint density at radius 1 is 1.31 bits per heavy atom. The summed E-state index contributed by atoms with van der Waals surface area (Å²) >= 11 is 0. The lowest BCUT2D eigenvalue weighted by Gasteiger charge is -2.31. The first-order valence-electron chi connectivity index (χ1n) is 9.01. The van der Waals surface area contributed by atoms with Crippen molar-refractivity contribution in [2.24, 2.45) is 5.73 Å². The number of carbonyl (C=O) groups is 1. The number of hydrogen-bond donors (Lipinski definition) is 2. The first-order valence-corrected chi connectivity index (χ1v) is 9.01. The Hall–Kier alpha value is -2.55. The first kappa shape index (κ1) is 18.2. The fraction of sp³-hybridized carbons (Fsp3) is 0.588. The van der Waals surface area contributed by atoms with Gasteiger partial charge in [-0.25, -0.2) is 9.97 Å². The van der Waals surface area contributed by atoms with E-state index in [4.69, 9.17) is 5.73 Å². The lowest BCUT2D eigenvalue weighted by Crippen LogP contribution is -2.44. The van der Waals surface area contributed by atoms with E-state index in [1.807, 2.05) is 31.4 Å². The Morgan fingerprint density at radius 2 is 2.04 bits per heavy atom. The second-order valence-electron chi connectivity index (χ2n) is 6.67. The fourth-order valence-electron chi connectivity index (χ4n) is 3.30. The van der Waals surface area contributed by atoms with Crippen LogP contribution < -0.4 is 16.0 Å². The topological polar surface area (TPSA) is 115 Å². The van der Waals surface area contributed by atoms with Crippen LogP contribution >= 0.6 is 0 Å². The summed E-state index contributed by atoms with van der Waals surface area (Å²) in [6.45, 7) is 8.26. The molecule has 9 nitrogen and oxygen atoms in total. The van der Waals surface area contributed by atoms with Crippen LogP contribution in [0.2, 0.25) is 0 Å². The van der Waals surface area contributed by atoms with Gasteiger partial charge in [0.1, 0.15) is 5.82 Å². The molecule has 3 rings (SSSR count). The Labute approximate surface area is 153 Å². The Morgan fingerprint density at radius 3 is 2.69 bits per heavy atom. The number of hydrogen-bond acceptors (Lipinski definition) is 7. The number of carbonyl (C=O) groups excluding carboxylic acids is 1. The van der Waals surface area contributed by atoms with Gasteiger partial charge in [0.05, 0.1) is 6.54 Å². The molecule has 3 N–H and O–H groups in total. The van der Waals surface area contributed by atoms with Gasteiger partial charge in [0.15, 0.2) is 0 Å². The molecule has 9 heteroatoms. The van der Waals surface area contributed by atoms with E-state index in [2.05, 4.69) is 30.4 Å². The molecule has 26 heavy (non-hydrogen) atoms. The number of nitrogens with zero attached hydrogens (tertiary/aromatic N) is 6. The molecule has 0 radical (unpaired) electrons. The molecule has 0 aromatic carbocycles. The summed E-state index contributed by atoms with van der Waals surface area (Å²) in [5.74, 6) is 1.30. The van der Waals surface area contributed by atoms with Crippen LogP contribution in [-0.2, 0) is 13.1 Å². The lowest BCUT2D eigenvalue weighted by molar-refractivity contribution is 0.0935. The van der Waals surface area contributed by atoms with Crippen LogP contribution in [0.15, 0.2) is 6.07 Å². The van der Waals surface area contributed by atoms with Crippen molar-refractivity contribution in [2.75, 3.05) is 18.0 Å². The molecule has 2 aromatic rings. The van der Waals surface area contributed by atoms with E-state index in [0.29, 0.717) is 24.1 Å². The summed E-state index contributed by atoms with van der Waals surface area (Å²) in [6.07, 6.45) is 2.03. The summed E-state index contributed by atoms with van der Waals surface area (Å²) in [5.41, 5.74) is 7.82. The number of nitrogens with one attached hydrogen (secondary N) is 1. The smallest absolute Gasteiger partial charge is 0.289 e. The molecule has 1 unspecified atom stereocenters. The number of amides is 1. The number of rotatable bonds is 5. The predicted molar refractivity (Wildman–Crippen MR) is 97.8 cm³/mol. The van der Waals surface area contributed by atoms with Crippen molar-refractivity contribution in [2.45, 2.75) is 52.7 Å². The third-order valence-corrected chi connectivity index (χ3v) is 4.43. The van der Waals surface area contributed by atoms with Gasteiger partial charge in [-0.05, 0) is 39.7 Å². The molecule has 1 atom stereocenters. The molecular weight excluding hydrogens is 332 g/mol. The van der Waals surface area contributed by atoms with Gasteiger partial charge in [-0.1, -0.05) is 0 Å². The van der Waals surface area contributed by atoms with E-state index in [9.17, 15) is 4.79 Å². The van der Waals surface area contributed by atoms with Crippen LogP contribution in [0, 0.1) is 13.8 Å². The van der Waals surface area contributed by atoms with Crippen molar-refractivity contribution in [1.82, 2.24) is 30.0 Å². The summed E-state index contributed by atoms with van der Waals surface area (Å²) in [7, 11) is 0. The van der Waals surface area contributed by atoms with E-state index in [-0.39, 0.29) is 18.5 Å². The maximum absolute atomic E-state index is 12.6. The minimum absolute atomic E-state index is 0.129. The van der Waals surface area contributed by atoms with Crippen molar-refractivity contribution in [3.63, 3.8) is 0 Å². The van der Waals surface area contributed by atoms with Gasteiger partial charge in [0.2, 0.25) is 11.8 Å². The van der Waals surface area contributed by atoms with Gasteiger partial charge in [-0.15, -0.1) is 10.2 Å². The number of nitrogens with two attached hydrogens (primary N) is 1. The van der Waals surface area contributed by atoms with Gasteiger partial charge >= 0.3 is 0 Å². The number of piperidine rings is 1. The van der Waals surface area contributed by atoms with Gasteiger partial charge in [0.25, 0.3) is 5.91 Å². The molecule has 0 saturated carbocycles. The van der Waals surface area contributed by atoms with Crippen molar-refractivity contribution in [3.05, 3.63) is 29.1 Å². The van der Waals surface area contributed by atoms with Gasteiger partial charge in [-0.2, -0.15) is 0 Å². The highest BCUT2D eigenvalue weighted by molar-refractivity contribution is 5.91. The van der Waals surface area contributed by atoms with E-state index >= 15 is 0 Å². The average molecular weight is 358 g/mol. The minimum atomic E-state index is -0.283. The molecule has 3 heterocycles. The van der Waals surface area contributed by atoms with Gasteiger partial charge < -0.3 is 16.0 Å². The zero-order chi connectivity index (χ0) is 18.7. The molecule has 1 aliphatic rings. The molecule has 1 amide bonds. The van der Waals surface area contributed by atoms with Crippen LogP contribution in [-0.4, -0.2) is 49.8 Å². The highest BCUT2D eigenvalue weighted by atomic mass is 16.2. The molecule has 0 spiro atoms. The van der Waals surface area contributed by atoms with Crippen LogP contribution in [0.3, 0.4) is 0 Å². The largest absolute Gasteiger partial charge is 0.342 e. The zero-order valence-electron chi connectivity index (χ0n) is 15.6. The molecule has 2 aromatic heterocycles. The molecule has 1 fully saturated rings. The minimum Gasteiger partial charge on any atom is -0.342 e. The maximum atomic E-state index is 12.6. The van der Waals surface area contributed by atoms with Gasteiger partial charge in [-0.3, -0.25) is 9.36 Å². The molecule has 1 aliphatic heterocycles. The second-order valence-corrected chi connectivity index (χ2v) is 6.67. The number of aryl methyl sites for hydroxylation is 2. The van der Waals surface area contributed by atoms with Crippen LogP contribution in [0.5, 0.6) is 0 Å². The van der Waals surface area contributed by atoms with E-state index in [1.165, 1.54) is 0 Å². The van der Waals surface area contributed by atoms with Crippen LogP contribution in [0.4, 0.5) is 5.95 Å². The molecule has 1 saturated heterocycles. The van der Waals surface area contributed by atoms with E-state index in [0.717, 1.165) is 37.3 Å². The Kier molecular flexibility index (Phi) is 5.46. The van der Waals surface area contributed by atoms with E-state index < -0.39 is 0 Å². The Bertz CT molecular complexity index is 767. The Balaban J connectivity index is 1.73. The van der Waals surface area contributed by atoms with Crippen molar-refractivity contribution >= 4 is 11.9 Å². The number of aromatic nitrogens is 5. The quantitative estimate of drug-likeness (QED) is 0.802. The second kappa shape index (κ2) is 7.77. The molecular formula is C17H26N8O. The van der Waals surface area contributed by atoms with Crippen molar-refractivity contribution in [1.29, 1.82) is 0 Å². The molecule has 0 bridgehead atoms. The monoisotopic (exact) mass is 358 g/mol. The summed E-state index contributed by atoms with van der Waals surface area (Å²) in [5, 5.41) is 11.2. The van der Waals surface area contributed by atoms with E-state index in [1.54, 1.807) is 0 Å². The van der Waals surface area contributed by atoms with Crippen molar-refractivity contribution in [3.8, 4) is 0 Å². The predicted octanol–water partition coefficient (Wildman–Crippen LogP) is 0.562.